The summed E-state index contributed by atoms with van der Waals surface area (Å²) in [7, 11) is 1.60. The molecule has 0 radical (unpaired) electrons. The zero-order chi connectivity index (χ0) is 19.9. The molecule has 2 N–H and O–H groups in total. The fraction of sp³-hybridized carbons (Fsp3) is 0.200. The zero-order valence-electron chi connectivity index (χ0n) is 15.5. The molecular formula is C20H20N4O3S. The van der Waals surface area contributed by atoms with Crippen LogP contribution in [0.2, 0.25) is 0 Å². The highest BCUT2D eigenvalue weighted by Gasteiger charge is 2.32. The minimum Gasteiger partial charge on any atom is -0.497 e. The number of methoxy groups -OCH3 is 1. The molecule has 1 unspecified atom stereocenters. The average Bonchev–Trinajstić information content (AvgIpc) is 3.03. The number of carbonyl (C=O) groups is 2. The first-order chi connectivity index (χ1) is 13.5. The highest BCUT2D eigenvalue weighted by atomic mass is 32.2. The van der Waals surface area contributed by atoms with Gasteiger partial charge in [-0.15, -0.1) is 5.10 Å². The molecule has 0 bridgehead atoms. The van der Waals surface area contributed by atoms with Crippen LogP contribution in [0, 0.1) is 6.92 Å². The summed E-state index contributed by atoms with van der Waals surface area (Å²) in [5.41, 5.74) is 2.57. The Morgan fingerprint density at radius 3 is 2.71 bits per heavy atom. The number of nitrogens with one attached hydrogen (secondary N) is 2. The van der Waals surface area contributed by atoms with E-state index >= 15 is 0 Å². The fourth-order valence-electron chi connectivity index (χ4n) is 2.51. The Morgan fingerprint density at radius 1 is 1.25 bits per heavy atom. The number of ether oxygens (including phenoxy) is 1. The quantitative estimate of drug-likeness (QED) is 0.580. The van der Waals surface area contributed by atoms with Gasteiger partial charge in [0.25, 0.3) is 0 Å². The van der Waals surface area contributed by atoms with E-state index in [0.29, 0.717) is 5.17 Å². The molecule has 1 aliphatic rings. The number of amidine groups is 1. The van der Waals surface area contributed by atoms with E-state index in [-0.39, 0.29) is 18.2 Å². The second kappa shape index (κ2) is 9.18. The zero-order valence-corrected chi connectivity index (χ0v) is 16.3. The molecule has 1 saturated heterocycles. The van der Waals surface area contributed by atoms with Gasteiger partial charge in [0, 0.05) is 12.1 Å². The van der Waals surface area contributed by atoms with Gasteiger partial charge in [-0.05, 0) is 48.4 Å². The number of rotatable bonds is 6. The molecule has 0 spiro atoms. The minimum absolute atomic E-state index is 0.0616. The Kier molecular flexibility index (Phi) is 6.44. The summed E-state index contributed by atoms with van der Waals surface area (Å²) >= 11 is 1.20. The summed E-state index contributed by atoms with van der Waals surface area (Å²) in [6.07, 6.45) is 1.64. The third-order valence-corrected chi connectivity index (χ3v) is 5.11. The fourth-order valence-corrected chi connectivity index (χ4v) is 3.43. The molecular weight excluding hydrogens is 376 g/mol. The monoisotopic (exact) mass is 396 g/mol. The molecule has 0 saturated carbocycles. The van der Waals surface area contributed by atoms with Crippen molar-refractivity contribution in [1.29, 1.82) is 0 Å². The molecule has 1 aliphatic heterocycles. The van der Waals surface area contributed by atoms with Crippen LogP contribution in [-0.4, -0.2) is 35.6 Å². The van der Waals surface area contributed by atoms with Gasteiger partial charge in [0.2, 0.25) is 11.8 Å². The van der Waals surface area contributed by atoms with Crippen LogP contribution in [0.25, 0.3) is 0 Å². The van der Waals surface area contributed by atoms with Crippen molar-refractivity contribution in [3.05, 3.63) is 59.7 Å². The van der Waals surface area contributed by atoms with Crippen LogP contribution < -0.4 is 15.4 Å². The normalized spacial score (nSPS) is 17.7. The van der Waals surface area contributed by atoms with Gasteiger partial charge >= 0.3 is 0 Å². The highest BCUT2D eigenvalue weighted by Crippen LogP contribution is 2.23. The van der Waals surface area contributed by atoms with Crippen molar-refractivity contribution < 1.29 is 14.3 Å². The lowest BCUT2D eigenvalue weighted by Crippen LogP contribution is -2.28. The minimum atomic E-state index is -0.529. The summed E-state index contributed by atoms with van der Waals surface area (Å²) in [6.45, 7) is 1.91. The SMILES string of the molecule is COc1ccc(/C=N/N=C2\NC(=O)C(CC(=O)Nc3ccccc3C)S2)cc1. The van der Waals surface area contributed by atoms with E-state index in [9.17, 15) is 9.59 Å². The number of nitrogens with zero attached hydrogens (tertiary/aromatic N) is 2. The Bertz CT molecular complexity index is 925. The maximum Gasteiger partial charge on any atom is 0.240 e. The predicted molar refractivity (Wildman–Crippen MR) is 112 cm³/mol. The van der Waals surface area contributed by atoms with Crippen LogP contribution in [0.15, 0.2) is 58.7 Å². The highest BCUT2D eigenvalue weighted by molar-refractivity contribution is 8.15. The molecule has 1 atom stereocenters. The number of hydrogen-bond donors (Lipinski definition) is 2. The third-order valence-electron chi connectivity index (χ3n) is 4.04. The number of para-hydroxylation sites is 1. The second-order valence-corrected chi connectivity index (χ2v) is 7.28. The Balaban J connectivity index is 1.55. The molecule has 8 heteroatoms. The number of carbonyl (C=O) groups excluding carboxylic acids is 2. The second-order valence-electron chi connectivity index (χ2n) is 6.09. The first-order valence-electron chi connectivity index (χ1n) is 8.63. The molecule has 2 amide bonds. The lowest BCUT2D eigenvalue weighted by molar-refractivity contribution is -0.122. The number of amides is 2. The molecule has 144 valence electrons. The van der Waals surface area contributed by atoms with Crippen LogP contribution in [0.4, 0.5) is 5.69 Å². The van der Waals surface area contributed by atoms with Gasteiger partial charge in [0.15, 0.2) is 5.17 Å². The predicted octanol–water partition coefficient (Wildman–Crippen LogP) is 2.95. The van der Waals surface area contributed by atoms with Gasteiger partial charge in [0.1, 0.15) is 11.0 Å². The van der Waals surface area contributed by atoms with Crippen molar-refractivity contribution in [2.75, 3.05) is 12.4 Å². The molecule has 0 aromatic heterocycles. The average molecular weight is 396 g/mol. The van der Waals surface area contributed by atoms with E-state index in [1.165, 1.54) is 11.8 Å². The molecule has 7 nitrogen and oxygen atoms in total. The smallest absolute Gasteiger partial charge is 0.240 e. The lowest BCUT2D eigenvalue weighted by Gasteiger charge is -2.09. The van der Waals surface area contributed by atoms with E-state index in [1.807, 2.05) is 55.5 Å². The van der Waals surface area contributed by atoms with E-state index in [4.69, 9.17) is 4.74 Å². The standard InChI is InChI=1S/C20H20N4O3S/c1-13-5-3-4-6-16(13)22-18(25)11-17-19(26)23-20(28-17)24-21-12-14-7-9-15(27-2)10-8-14/h3-10,12,17H,11H2,1-2H3,(H,22,25)(H,23,24,26)/b21-12+. The van der Waals surface area contributed by atoms with Gasteiger partial charge in [-0.2, -0.15) is 5.10 Å². The van der Waals surface area contributed by atoms with E-state index in [1.54, 1.807) is 13.3 Å². The first kappa shape index (κ1) is 19.6. The summed E-state index contributed by atoms with van der Waals surface area (Å²) < 4.78 is 5.10. The molecule has 28 heavy (non-hydrogen) atoms. The topological polar surface area (TPSA) is 92.2 Å². The van der Waals surface area contributed by atoms with Crippen molar-refractivity contribution in [2.24, 2.45) is 10.2 Å². The first-order valence-corrected chi connectivity index (χ1v) is 9.51. The number of thioether (sulfide) groups is 1. The Hall–Kier alpha value is -3.13. The van der Waals surface area contributed by atoms with Crippen LogP contribution in [-0.2, 0) is 9.59 Å². The van der Waals surface area contributed by atoms with Crippen molar-refractivity contribution in [3.8, 4) is 5.75 Å². The van der Waals surface area contributed by atoms with Crippen LogP contribution >= 0.6 is 11.8 Å². The van der Waals surface area contributed by atoms with Gasteiger partial charge < -0.3 is 15.4 Å². The van der Waals surface area contributed by atoms with Crippen molar-refractivity contribution in [3.63, 3.8) is 0 Å². The summed E-state index contributed by atoms with van der Waals surface area (Å²) in [5.74, 6) is 0.294. The van der Waals surface area contributed by atoms with Crippen LogP contribution in [0.3, 0.4) is 0 Å². The van der Waals surface area contributed by atoms with Gasteiger partial charge in [-0.1, -0.05) is 30.0 Å². The van der Waals surface area contributed by atoms with E-state index in [2.05, 4.69) is 20.8 Å². The Labute approximate surface area is 167 Å². The Morgan fingerprint density at radius 2 is 2.00 bits per heavy atom. The van der Waals surface area contributed by atoms with Crippen LogP contribution in [0.1, 0.15) is 17.5 Å². The van der Waals surface area contributed by atoms with Crippen LogP contribution in [0.5, 0.6) is 5.75 Å². The summed E-state index contributed by atoms with van der Waals surface area (Å²) in [4.78, 5) is 24.3. The number of aryl methyl sites for hydroxylation is 1. The van der Waals surface area contributed by atoms with E-state index in [0.717, 1.165) is 22.6 Å². The molecule has 2 aromatic carbocycles. The molecule has 0 aliphatic carbocycles. The lowest BCUT2D eigenvalue weighted by atomic mass is 10.2. The summed E-state index contributed by atoms with van der Waals surface area (Å²) in [6, 6.07) is 14.8. The molecule has 2 aromatic rings. The largest absolute Gasteiger partial charge is 0.497 e. The van der Waals surface area contributed by atoms with Gasteiger partial charge in [-0.25, -0.2) is 0 Å². The maximum absolute atomic E-state index is 12.2. The molecule has 3 rings (SSSR count). The van der Waals surface area contributed by atoms with Gasteiger partial charge in [0.05, 0.1) is 13.3 Å². The van der Waals surface area contributed by atoms with Gasteiger partial charge in [-0.3, -0.25) is 9.59 Å². The number of benzene rings is 2. The molecule has 1 heterocycles. The number of hydrogen-bond acceptors (Lipinski definition) is 6. The van der Waals surface area contributed by atoms with Crippen molar-refractivity contribution in [2.45, 2.75) is 18.6 Å². The third kappa shape index (κ3) is 5.20. The van der Waals surface area contributed by atoms with Crippen molar-refractivity contribution >= 4 is 40.6 Å². The summed E-state index contributed by atoms with van der Waals surface area (Å²) in [5, 5.41) is 13.3. The number of anilines is 1. The molecule has 1 fully saturated rings. The maximum atomic E-state index is 12.2. The van der Waals surface area contributed by atoms with Crippen molar-refractivity contribution in [1.82, 2.24) is 5.32 Å². The van der Waals surface area contributed by atoms with E-state index < -0.39 is 5.25 Å².